The molecule has 1 aliphatic heterocycles. The number of nitrogens with zero attached hydrogens (tertiary/aromatic N) is 3. The van der Waals surface area contributed by atoms with Gasteiger partial charge in [-0.2, -0.15) is 26.2 Å². The summed E-state index contributed by atoms with van der Waals surface area (Å²) in [6.07, 6.45) is -1.11. The number of anilines is 3. The molecule has 46 heavy (non-hydrogen) atoms. The summed E-state index contributed by atoms with van der Waals surface area (Å²) >= 11 is 0. The highest BCUT2D eigenvalue weighted by atomic mass is 32.2. The fourth-order valence-electron chi connectivity index (χ4n) is 4.70. The number of piperidine rings is 1. The summed E-state index contributed by atoms with van der Waals surface area (Å²) in [5, 5.41) is 11.0. The van der Waals surface area contributed by atoms with Crippen molar-refractivity contribution in [2.75, 3.05) is 35.3 Å². The number of benzene rings is 1. The molecule has 3 N–H and O–H groups in total. The molecule has 1 aliphatic rings. The van der Waals surface area contributed by atoms with Crippen molar-refractivity contribution in [3.63, 3.8) is 0 Å². The lowest BCUT2D eigenvalue weighted by molar-refractivity contribution is -1.10. The Labute approximate surface area is 264 Å². The Morgan fingerprint density at radius 2 is 1.61 bits per heavy atom. The number of quaternary nitrogens is 1. The first-order valence-electron chi connectivity index (χ1n) is 14.3. The van der Waals surface area contributed by atoms with E-state index in [1.165, 1.54) is 36.5 Å². The van der Waals surface area contributed by atoms with Crippen LogP contribution in [0.25, 0.3) is 0 Å². The Kier molecular flexibility index (Phi) is 9.98. The number of carbonyl (C=O) groups excluding carboxylic acids is 2. The molecule has 0 spiro atoms. The summed E-state index contributed by atoms with van der Waals surface area (Å²) in [5.74, 6) is -0.659. The Morgan fingerprint density at radius 3 is 2.13 bits per heavy atom. The van der Waals surface area contributed by atoms with Crippen LogP contribution in [0.1, 0.15) is 56.8 Å². The van der Waals surface area contributed by atoms with E-state index < -0.39 is 39.4 Å². The number of likely N-dealkylation sites (tertiary alicyclic amines) is 1. The third kappa shape index (κ3) is 8.52. The number of hydrogen-bond donors (Lipinski definition) is 3. The predicted octanol–water partition coefficient (Wildman–Crippen LogP) is 5.46. The van der Waals surface area contributed by atoms with Gasteiger partial charge >= 0.3 is 22.3 Å². The molecule has 13 nitrogen and oxygen atoms in total. The third-order valence-corrected chi connectivity index (χ3v) is 8.20. The summed E-state index contributed by atoms with van der Waals surface area (Å²) < 4.78 is 79.4. The molecule has 17 heteroatoms. The summed E-state index contributed by atoms with van der Waals surface area (Å²) in [6, 6.07) is 9.43. The maximum absolute atomic E-state index is 13.2. The first-order valence-corrected chi connectivity index (χ1v) is 16.1. The minimum absolute atomic E-state index is 0.0107. The van der Waals surface area contributed by atoms with Crippen molar-refractivity contribution in [1.29, 1.82) is 0 Å². The number of carbonyl (C=O) groups is 2. The van der Waals surface area contributed by atoms with Crippen LogP contribution in [-0.4, -0.2) is 72.8 Å². The maximum Gasteiger partial charge on any atom is 0.401 e. The number of pyridine rings is 1. The van der Waals surface area contributed by atoms with Crippen LogP contribution in [0.5, 0.6) is 5.75 Å². The van der Waals surface area contributed by atoms with Gasteiger partial charge in [-0.1, -0.05) is 9.44 Å². The van der Waals surface area contributed by atoms with Gasteiger partial charge < -0.3 is 19.9 Å². The van der Waals surface area contributed by atoms with Gasteiger partial charge in [0.05, 0.1) is 12.5 Å². The van der Waals surface area contributed by atoms with Crippen LogP contribution in [0.4, 0.5) is 35.2 Å². The lowest BCUT2D eigenvalue weighted by atomic mass is 9.89. The van der Waals surface area contributed by atoms with Crippen molar-refractivity contribution in [2.45, 2.75) is 64.3 Å². The molecule has 250 valence electrons. The van der Waals surface area contributed by atoms with E-state index in [1.807, 2.05) is 13.8 Å². The largest absolute Gasteiger partial charge is 0.488 e. The highest BCUT2D eigenvalue weighted by Gasteiger charge is 2.51. The normalized spacial score (nSPS) is 19.0. The molecule has 0 radical (unpaired) electrons. The second-order valence-electron chi connectivity index (χ2n) is 11.8. The second-order valence-corrected chi connectivity index (χ2v) is 13.3. The van der Waals surface area contributed by atoms with Crippen molar-refractivity contribution in [3.05, 3.63) is 60.1 Å². The van der Waals surface area contributed by atoms with Crippen molar-refractivity contribution in [2.24, 2.45) is 0 Å². The average molecular weight is 670 g/mol. The molecule has 4 rings (SSSR count). The van der Waals surface area contributed by atoms with Gasteiger partial charge in [0.15, 0.2) is 11.6 Å². The van der Waals surface area contributed by atoms with Crippen molar-refractivity contribution in [1.82, 2.24) is 10.1 Å². The first kappa shape index (κ1) is 34.6. The fraction of sp³-hybridized carbons (Fsp3) is 0.448. The molecule has 0 bridgehead atoms. The number of aromatic nitrogens is 2. The number of urea groups is 1. The maximum atomic E-state index is 13.2. The van der Waals surface area contributed by atoms with Crippen LogP contribution < -0.4 is 20.7 Å². The van der Waals surface area contributed by atoms with Crippen molar-refractivity contribution < 1.29 is 49.4 Å². The zero-order valence-corrected chi connectivity index (χ0v) is 26.7. The van der Waals surface area contributed by atoms with E-state index in [2.05, 4.69) is 26.1 Å². The summed E-state index contributed by atoms with van der Waals surface area (Å²) in [5.41, 5.74) is -1.41. The van der Waals surface area contributed by atoms with Gasteiger partial charge in [-0.15, -0.1) is 0 Å². The molecule has 3 heterocycles. The van der Waals surface area contributed by atoms with Gasteiger partial charge in [0.2, 0.25) is 0 Å². The van der Waals surface area contributed by atoms with Crippen LogP contribution in [0.2, 0.25) is 0 Å². The van der Waals surface area contributed by atoms with E-state index in [4.69, 9.17) is 13.5 Å². The molecule has 1 fully saturated rings. The minimum Gasteiger partial charge on any atom is -0.488 e. The molecule has 0 saturated carbocycles. The van der Waals surface area contributed by atoms with Crippen LogP contribution in [0, 0.1) is 0 Å². The van der Waals surface area contributed by atoms with E-state index in [9.17, 15) is 31.2 Å². The first-order chi connectivity index (χ1) is 21.4. The molecule has 3 amide bonds. The number of ether oxygens (including phenoxy) is 1. The summed E-state index contributed by atoms with van der Waals surface area (Å²) in [4.78, 5) is 29.2. The molecule has 1 saturated heterocycles. The van der Waals surface area contributed by atoms with Gasteiger partial charge in [0.1, 0.15) is 42.1 Å². The van der Waals surface area contributed by atoms with E-state index >= 15 is 0 Å². The lowest BCUT2D eigenvalue weighted by Gasteiger charge is -2.42. The van der Waals surface area contributed by atoms with Gasteiger partial charge in [0, 0.05) is 30.3 Å². The van der Waals surface area contributed by atoms with Gasteiger partial charge in [-0.05, 0) is 64.1 Å². The van der Waals surface area contributed by atoms with Crippen molar-refractivity contribution >= 4 is 39.2 Å². The van der Waals surface area contributed by atoms with Gasteiger partial charge in [-0.3, -0.25) is 10.1 Å². The molecular formula is C29H36F3N6O7S+. The predicted molar refractivity (Wildman–Crippen MR) is 162 cm³/mol. The average Bonchev–Trinajstić information content (AvgIpc) is 3.43. The third-order valence-electron chi connectivity index (χ3n) is 7.63. The standard InChI is InChI=1S/C29H35F3N6O7S/c1-18(2)38(45-46(5,41)42)14-12-21(13-15-38)43-22-10-11-23(33-17-22)26(39)34-19-6-8-20(9-7-19)35-27(40)36-25-16-24(44-37-25)28(3,4)29(30,31)32/h6-11,16-18,21H,12-15H2,1-5H3,(H2-,33,34,35,36,37,39,40)/p+1. The van der Waals surface area contributed by atoms with Crippen molar-refractivity contribution in [3.8, 4) is 5.75 Å². The number of amides is 3. The summed E-state index contributed by atoms with van der Waals surface area (Å²) in [6.45, 7) is 6.64. The highest BCUT2D eigenvalue weighted by molar-refractivity contribution is 7.85. The monoisotopic (exact) mass is 669 g/mol. The zero-order chi connectivity index (χ0) is 33.9. The summed E-state index contributed by atoms with van der Waals surface area (Å²) in [7, 11) is -3.63. The van der Waals surface area contributed by atoms with Crippen LogP contribution in [0.15, 0.2) is 53.2 Å². The Hall–Kier alpha value is -4.22. The minimum atomic E-state index is -4.57. The van der Waals surface area contributed by atoms with E-state index in [-0.39, 0.29) is 28.3 Å². The zero-order valence-electron chi connectivity index (χ0n) is 25.8. The number of hydrogen-bond acceptors (Lipinski definition) is 9. The smallest absolute Gasteiger partial charge is 0.401 e. The number of alkyl halides is 3. The number of nitrogens with one attached hydrogen (secondary N) is 3. The second kappa shape index (κ2) is 13.3. The molecule has 1 aromatic carbocycles. The molecular weight excluding hydrogens is 633 g/mol. The Bertz CT molecular complexity index is 1630. The SMILES string of the molecule is CC(C)[N+]1(OS(C)(=O)=O)CCC(Oc2ccc(C(=O)Nc3ccc(NC(=O)Nc4cc(C(C)(C)C(F)(F)F)on4)cc3)nc2)CC1. The highest BCUT2D eigenvalue weighted by Crippen LogP contribution is 2.41. The van der Waals surface area contributed by atoms with E-state index in [0.717, 1.165) is 26.2 Å². The fourth-order valence-corrected chi connectivity index (χ4v) is 5.56. The quantitative estimate of drug-likeness (QED) is 0.238. The molecule has 3 aromatic rings. The van der Waals surface area contributed by atoms with Gasteiger partial charge in [-0.25, -0.2) is 9.78 Å². The molecule has 2 aromatic heterocycles. The number of halogens is 3. The Balaban J connectivity index is 1.26. The van der Waals surface area contributed by atoms with Crippen LogP contribution in [-0.2, 0) is 19.8 Å². The van der Waals surface area contributed by atoms with Crippen LogP contribution in [0.3, 0.4) is 0 Å². The molecule has 0 aliphatic carbocycles. The topological polar surface area (TPSA) is 162 Å². The Morgan fingerprint density at radius 1 is 1.00 bits per heavy atom. The van der Waals surface area contributed by atoms with E-state index in [1.54, 1.807) is 6.07 Å². The number of hydroxylamine groups is 3. The van der Waals surface area contributed by atoms with Crippen LogP contribution >= 0.6 is 0 Å². The van der Waals surface area contributed by atoms with E-state index in [0.29, 0.717) is 43.1 Å². The number of rotatable bonds is 10. The molecule has 0 atom stereocenters. The lowest BCUT2D eigenvalue weighted by Crippen LogP contribution is -2.59. The van der Waals surface area contributed by atoms with Gasteiger partial charge in [0.25, 0.3) is 5.91 Å². The molecule has 0 unspecified atom stereocenters.